The van der Waals surface area contributed by atoms with Crippen LogP contribution in [0, 0.1) is 0 Å². The number of imide groups is 1. The van der Waals surface area contributed by atoms with Gasteiger partial charge in [-0.1, -0.05) is 25.5 Å². The van der Waals surface area contributed by atoms with Crippen LogP contribution in [0.1, 0.15) is 35.7 Å². The first-order valence-corrected chi connectivity index (χ1v) is 6.96. The minimum absolute atomic E-state index is 0.0254. The average molecular weight is 290 g/mol. The fraction of sp³-hybridized carbons (Fsp3) is 0.400. The molecule has 1 aromatic carbocycles. The maximum absolute atomic E-state index is 11.9. The standard InChI is InChI=1S/C15H18N2O4/c1-2-3-7-21-14(19)12-6-4-5-11(8-12)10-17-13(18)9-16-15(17)20/h4-6,8H,2-3,7,9-10H2,1H3,(H,16,20). The van der Waals surface area contributed by atoms with Crippen LogP contribution in [0.3, 0.4) is 0 Å². The highest BCUT2D eigenvalue weighted by Gasteiger charge is 2.28. The highest BCUT2D eigenvalue weighted by atomic mass is 16.5. The van der Waals surface area contributed by atoms with Gasteiger partial charge in [-0.25, -0.2) is 9.59 Å². The number of benzene rings is 1. The zero-order valence-corrected chi connectivity index (χ0v) is 11.9. The van der Waals surface area contributed by atoms with Gasteiger partial charge in [-0.15, -0.1) is 0 Å². The van der Waals surface area contributed by atoms with Gasteiger partial charge in [-0.05, 0) is 24.1 Å². The number of unbranched alkanes of at least 4 members (excludes halogenated alkanes) is 1. The second kappa shape index (κ2) is 6.88. The van der Waals surface area contributed by atoms with Crippen LogP contribution in [-0.2, 0) is 16.1 Å². The van der Waals surface area contributed by atoms with Gasteiger partial charge in [-0.3, -0.25) is 9.69 Å². The Kier molecular flexibility index (Phi) is 4.92. The van der Waals surface area contributed by atoms with Crippen LogP contribution in [0.2, 0.25) is 0 Å². The van der Waals surface area contributed by atoms with Crippen molar-refractivity contribution in [3.8, 4) is 0 Å². The number of nitrogens with zero attached hydrogens (tertiary/aromatic N) is 1. The molecule has 1 aliphatic rings. The van der Waals surface area contributed by atoms with E-state index in [2.05, 4.69) is 5.32 Å². The third-order valence-corrected chi connectivity index (χ3v) is 3.17. The van der Waals surface area contributed by atoms with Crippen molar-refractivity contribution in [2.45, 2.75) is 26.3 Å². The number of carbonyl (C=O) groups is 3. The van der Waals surface area contributed by atoms with Crippen LogP contribution >= 0.6 is 0 Å². The molecule has 0 saturated carbocycles. The van der Waals surface area contributed by atoms with Gasteiger partial charge in [0.25, 0.3) is 0 Å². The van der Waals surface area contributed by atoms with Crippen LogP contribution in [0.15, 0.2) is 24.3 Å². The molecule has 112 valence electrons. The molecule has 0 unspecified atom stereocenters. The molecular weight excluding hydrogens is 272 g/mol. The van der Waals surface area contributed by atoms with Crippen molar-refractivity contribution in [1.29, 1.82) is 0 Å². The molecule has 1 aliphatic heterocycles. The van der Waals surface area contributed by atoms with E-state index in [1.54, 1.807) is 24.3 Å². The van der Waals surface area contributed by atoms with E-state index >= 15 is 0 Å². The van der Waals surface area contributed by atoms with E-state index in [1.165, 1.54) is 0 Å². The molecule has 6 nitrogen and oxygen atoms in total. The Balaban J connectivity index is 2.02. The highest BCUT2D eigenvalue weighted by molar-refractivity contribution is 6.01. The van der Waals surface area contributed by atoms with Gasteiger partial charge in [0.15, 0.2) is 0 Å². The third-order valence-electron chi connectivity index (χ3n) is 3.17. The Hall–Kier alpha value is -2.37. The monoisotopic (exact) mass is 290 g/mol. The van der Waals surface area contributed by atoms with E-state index in [0.29, 0.717) is 17.7 Å². The van der Waals surface area contributed by atoms with Crippen LogP contribution in [-0.4, -0.2) is 36.0 Å². The maximum atomic E-state index is 11.9. The minimum Gasteiger partial charge on any atom is -0.462 e. The molecule has 21 heavy (non-hydrogen) atoms. The van der Waals surface area contributed by atoms with Crippen LogP contribution < -0.4 is 5.32 Å². The molecule has 0 atom stereocenters. The average Bonchev–Trinajstić information content (AvgIpc) is 2.80. The van der Waals surface area contributed by atoms with Gasteiger partial charge in [0, 0.05) is 0 Å². The van der Waals surface area contributed by atoms with Gasteiger partial charge in [0.05, 0.1) is 25.3 Å². The number of ether oxygens (including phenoxy) is 1. The lowest BCUT2D eigenvalue weighted by Gasteiger charge is -2.13. The summed E-state index contributed by atoms with van der Waals surface area (Å²) in [4.78, 5) is 36.0. The second-order valence-electron chi connectivity index (χ2n) is 4.83. The number of urea groups is 1. The van der Waals surface area contributed by atoms with Crippen molar-refractivity contribution in [3.05, 3.63) is 35.4 Å². The van der Waals surface area contributed by atoms with Crippen molar-refractivity contribution >= 4 is 17.9 Å². The van der Waals surface area contributed by atoms with Gasteiger partial charge < -0.3 is 10.1 Å². The summed E-state index contributed by atoms with van der Waals surface area (Å²) >= 11 is 0. The molecule has 1 aromatic rings. The molecule has 0 aliphatic carbocycles. The van der Waals surface area contributed by atoms with Crippen LogP contribution in [0.25, 0.3) is 0 Å². The molecule has 1 saturated heterocycles. The first kappa shape index (κ1) is 15.0. The topological polar surface area (TPSA) is 75.7 Å². The van der Waals surface area contributed by atoms with Crippen molar-refractivity contribution in [3.63, 3.8) is 0 Å². The summed E-state index contributed by atoms with van der Waals surface area (Å²) in [5.74, 6) is -0.654. The molecule has 1 heterocycles. The molecule has 2 rings (SSSR count). The number of hydrogen-bond donors (Lipinski definition) is 1. The SMILES string of the molecule is CCCCOC(=O)c1cccc(CN2C(=O)CNC2=O)c1. The predicted molar refractivity (Wildman–Crippen MR) is 75.6 cm³/mol. The zero-order chi connectivity index (χ0) is 15.2. The predicted octanol–water partition coefficient (Wildman–Crippen LogP) is 1.70. The molecule has 0 radical (unpaired) electrons. The summed E-state index contributed by atoms with van der Waals surface area (Å²) in [7, 11) is 0. The summed E-state index contributed by atoms with van der Waals surface area (Å²) in [6.45, 7) is 2.59. The van der Waals surface area contributed by atoms with Crippen LogP contribution in [0.4, 0.5) is 4.79 Å². The lowest BCUT2D eigenvalue weighted by Crippen LogP contribution is -2.30. The highest BCUT2D eigenvalue weighted by Crippen LogP contribution is 2.12. The van der Waals surface area contributed by atoms with Gasteiger partial charge in [-0.2, -0.15) is 0 Å². The number of carbonyl (C=O) groups excluding carboxylic acids is 3. The third kappa shape index (κ3) is 3.81. The quantitative estimate of drug-likeness (QED) is 0.491. The van der Waals surface area contributed by atoms with E-state index in [0.717, 1.165) is 17.7 Å². The second-order valence-corrected chi connectivity index (χ2v) is 4.83. The van der Waals surface area contributed by atoms with Crippen molar-refractivity contribution < 1.29 is 19.1 Å². The smallest absolute Gasteiger partial charge is 0.338 e. The first-order chi connectivity index (χ1) is 10.1. The Morgan fingerprint density at radius 3 is 2.86 bits per heavy atom. The van der Waals surface area contributed by atoms with E-state index in [1.807, 2.05) is 6.92 Å². The Labute approximate surface area is 123 Å². The van der Waals surface area contributed by atoms with Gasteiger partial charge >= 0.3 is 12.0 Å². The van der Waals surface area contributed by atoms with E-state index < -0.39 is 6.03 Å². The molecule has 0 aromatic heterocycles. The van der Waals surface area contributed by atoms with Gasteiger partial charge in [0.2, 0.25) is 5.91 Å². The zero-order valence-electron chi connectivity index (χ0n) is 11.9. The fourth-order valence-corrected chi connectivity index (χ4v) is 1.99. The summed E-state index contributed by atoms with van der Waals surface area (Å²) in [5.41, 5.74) is 1.14. The molecule has 0 bridgehead atoms. The Bertz CT molecular complexity index is 540. The molecule has 6 heteroatoms. The van der Waals surface area contributed by atoms with E-state index in [-0.39, 0.29) is 25.0 Å². The largest absolute Gasteiger partial charge is 0.462 e. The Morgan fingerprint density at radius 2 is 2.19 bits per heavy atom. The summed E-state index contributed by atoms with van der Waals surface area (Å²) in [6.07, 6.45) is 1.79. The first-order valence-electron chi connectivity index (χ1n) is 6.96. The molecule has 3 amide bonds. The summed E-state index contributed by atoms with van der Waals surface area (Å²) in [5, 5.41) is 2.46. The number of amides is 3. The fourth-order valence-electron chi connectivity index (χ4n) is 1.99. The Morgan fingerprint density at radius 1 is 1.38 bits per heavy atom. The number of nitrogens with one attached hydrogen (secondary N) is 1. The minimum atomic E-state index is -0.407. The van der Waals surface area contributed by atoms with E-state index in [9.17, 15) is 14.4 Å². The van der Waals surface area contributed by atoms with Crippen molar-refractivity contribution in [2.24, 2.45) is 0 Å². The number of esters is 1. The number of rotatable bonds is 6. The summed E-state index contributed by atoms with van der Waals surface area (Å²) in [6, 6.07) is 6.37. The summed E-state index contributed by atoms with van der Waals surface area (Å²) < 4.78 is 5.14. The molecule has 1 N–H and O–H groups in total. The molecule has 0 spiro atoms. The van der Waals surface area contributed by atoms with Crippen LogP contribution in [0.5, 0.6) is 0 Å². The van der Waals surface area contributed by atoms with E-state index in [4.69, 9.17) is 4.74 Å². The number of hydrogen-bond acceptors (Lipinski definition) is 4. The maximum Gasteiger partial charge on any atom is 0.338 e. The van der Waals surface area contributed by atoms with Gasteiger partial charge in [0.1, 0.15) is 0 Å². The normalized spacial score (nSPS) is 14.2. The lowest BCUT2D eigenvalue weighted by molar-refractivity contribution is -0.125. The molecular formula is C15H18N2O4. The van der Waals surface area contributed by atoms with Crippen molar-refractivity contribution in [1.82, 2.24) is 10.2 Å². The van der Waals surface area contributed by atoms with Crippen molar-refractivity contribution in [2.75, 3.05) is 13.2 Å². The molecule has 1 fully saturated rings. The lowest BCUT2D eigenvalue weighted by atomic mass is 10.1.